The van der Waals surface area contributed by atoms with E-state index in [2.05, 4.69) is 5.10 Å². The molecule has 0 spiro atoms. The van der Waals surface area contributed by atoms with E-state index in [0.29, 0.717) is 11.3 Å². The molecule has 0 aliphatic carbocycles. The number of halogens is 2. The van der Waals surface area contributed by atoms with Gasteiger partial charge in [0.05, 0.1) is 12.2 Å². The first-order valence-electron chi connectivity index (χ1n) is 6.71. The van der Waals surface area contributed by atoms with Crippen LogP contribution in [-0.2, 0) is 6.54 Å². The minimum absolute atomic E-state index is 0.196. The Morgan fingerprint density at radius 1 is 0.909 bits per heavy atom. The molecule has 5 heteroatoms. The Morgan fingerprint density at radius 2 is 1.64 bits per heavy atom. The largest absolute Gasteiger partial charge is 0.268 e. The molecule has 0 bridgehead atoms. The molecule has 22 heavy (non-hydrogen) atoms. The number of hydrogen-bond donors (Lipinski definition) is 0. The fourth-order valence-electron chi connectivity index (χ4n) is 2.14. The first-order valence-corrected chi connectivity index (χ1v) is 6.71. The third-order valence-corrected chi connectivity index (χ3v) is 3.26. The quantitative estimate of drug-likeness (QED) is 0.744. The van der Waals surface area contributed by atoms with Crippen LogP contribution in [0.15, 0.2) is 65.5 Å². The molecular weight excluding hydrogens is 286 g/mol. The second kappa shape index (κ2) is 5.89. The lowest BCUT2D eigenvalue weighted by molar-refractivity contribution is 0.614. The summed E-state index contributed by atoms with van der Waals surface area (Å²) in [4.78, 5) is 11.9. The highest BCUT2D eigenvalue weighted by molar-refractivity contribution is 5.58. The Bertz CT molecular complexity index is 857. The molecule has 0 radical (unpaired) electrons. The Kier molecular flexibility index (Phi) is 3.78. The van der Waals surface area contributed by atoms with E-state index < -0.39 is 5.82 Å². The Balaban J connectivity index is 1.98. The van der Waals surface area contributed by atoms with Gasteiger partial charge < -0.3 is 0 Å². The summed E-state index contributed by atoms with van der Waals surface area (Å²) in [5.41, 5.74) is 1.14. The van der Waals surface area contributed by atoms with Crippen LogP contribution in [0.1, 0.15) is 5.56 Å². The van der Waals surface area contributed by atoms with Crippen LogP contribution in [0.25, 0.3) is 11.3 Å². The third-order valence-electron chi connectivity index (χ3n) is 3.26. The topological polar surface area (TPSA) is 34.9 Å². The van der Waals surface area contributed by atoms with Gasteiger partial charge in [0.15, 0.2) is 0 Å². The van der Waals surface area contributed by atoms with Gasteiger partial charge in [0.2, 0.25) is 0 Å². The summed E-state index contributed by atoms with van der Waals surface area (Å²) in [6.45, 7) is 0.196. The number of aromatic nitrogens is 2. The van der Waals surface area contributed by atoms with E-state index in [-0.39, 0.29) is 17.9 Å². The van der Waals surface area contributed by atoms with E-state index in [1.165, 1.54) is 35.0 Å². The van der Waals surface area contributed by atoms with E-state index in [0.717, 1.165) is 5.56 Å². The lowest BCUT2D eigenvalue weighted by Crippen LogP contribution is -2.22. The van der Waals surface area contributed by atoms with Crippen molar-refractivity contribution < 1.29 is 8.78 Å². The predicted molar refractivity (Wildman–Crippen MR) is 79.4 cm³/mol. The molecule has 110 valence electrons. The zero-order chi connectivity index (χ0) is 15.5. The lowest BCUT2D eigenvalue weighted by atomic mass is 10.1. The zero-order valence-corrected chi connectivity index (χ0v) is 11.5. The van der Waals surface area contributed by atoms with E-state index in [1.807, 2.05) is 0 Å². The summed E-state index contributed by atoms with van der Waals surface area (Å²) in [6, 6.07) is 14.9. The monoisotopic (exact) mass is 298 g/mol. The fraction of sp³-hybridized carbons (Fsp3) is 0.0588. The van der Waals surface area contributed by atoms with E-state index >= 15 is 0 Å². The van der Waals surface area contributed by atoms with Crippen LogP contribution in [0.3, 0.4) is 0 Å². The maximum absolute atomic E-state index is 13.8. The summed E-state index contributed by atoms with van der Waals surface area (Å²) >= 11 is 0. The molecule has 0 amide bonds. The van der Waals surface area contributed by atoms with Gasteiger partial charge in [0.25, 0.3) is 5.56 Å². The average Bonchev–Trinajstić information content (AvgIpc) is 2.52. The Hall–Kier alpha value is -2.82. The number of hydrogen-bond acceptors (Lipinski definition) is 2. The maximum atomic E-state index is 13.8. The molecule has 1 heterocycles. The minimum atomic E-state index is -0.401. The van der Waals surface area contributed by atoms with Gasteiger partial charge in [-0.05, 0) is 35.9 Å². The van der Waals surface area contributed by atoms with Crippen molar-refractivity contribution in [2.24, 2.45) is 0 Å². The van der Waals surface area contributed by atoms with E-state index in [9.17, 15) is 13.6 Å². The average molecular weight is 298 g/mol. The maximum Gasteiger partial charge on any atom is 0.267 e. The zero-order valence-electron chi connectivity index (χ0n) is 11.5. The highest BCUT2D eigenvalue weighted by Crippen LogP contribution is 2.19. The summed E-state index contributed by atoms with van der Waals surface area (Å²) in [7, 11) is 0. The molecule has 0 atom stereocenters. The molecule has 0 aliphatic rings. The van der Waals surface area contributed by atoms with Gasteiger partial charge in [-0.25, -0.2) is 13.5 Å². The fourth-order valence-corrected chi connectivity index (χ4v) is 2.14. The van der Waals surface area contributed by atoms with Gasteiger partial charge in [0.1, 0.15) is 11.6 Å². The molecular formula is C17H12F2N2O. The second-order valence-corrected chi connectivity index (χ2v) is 4.82. The molecule has 0 unspecified atom stereocenters. The van der Waals surface area contributed by atoms with Crippen molar-refractivity contribution >= 4 is 0 Å². The molecule has 3 aromatic rings. The smallest absolute Gasteiger partial charge is 0.267 e. The van der Waals surface area contributed by atoms with Gasteiger partial charge in [-0.3, -0.25) is 4.79 Å². The number of nitrogens with zero attached hydrogens (tertiary/aromatic N) is 2. The summed E-state index contributed by atoms with van der Waals surface area (Å²) in [5.74, 6) is -0.744. The van der Waals surface area contributed by atoms with Crippen LogP contribution in [0.2, 0.25) is 0 Å². The van der Waals surface area contributed by atoms with Gasteiger partial charge >= 0.3 is 0 Å². The lowest BCUT2D eigenvalue weighted by Gasteiger charge is -2.08. The highest BCUT2D eigenvalue weighted by atomic mass is 19.1. The number of benzene rings is 2. The minimum Gasteiger partial charge on any atom is -0.268 e. The summed E-state index contributed by atoms with van der Waals surface area (Å²) in [5, 5.41) is 4.19. The SMILES string of the molecule is O=c1ccc(-c2ccccc2F)nn1Cc1ccc(F)cc1. The van der Waals surface area contributed by atoms with Crippen molar-refractivity contribution in [2.45, 2.75) is 6.54 Å². The van der Waals surface area contributed by atoms with Crippen molar-refractivity contribution in [3.8, 4) is 11.3 Å². The Morgan fingerprint density at radius 3 is 2.36 bits per heavy atom. The molecule has 0 saturated carbocycles. The molecule has 3 rings (SSSR count). The normalized spacial score (nSPS) is 10.6. The first-order chi connectivity index (χ1) is 10.6. The van der Waals surface area contributed by atoms with Crippen LogP contribution in [0.5, 0.6) is 0 Å². The summed E-state index contributed by atoms with van der Waals surface area (Å²) < 4.78 is 27.9. The van der Waals surface area contributed by atoms with Crippen LogP contribution >= 0.6 is 0 Å². The van der Waals surface area contributed by atoms with Gasteiger partial charge in [0, 0.05) is 11.6 Å². The van der Waals surface area contributed by atoms with Gasteiger partial charge in [-0.2, -0.15) is 5.10 Å². The predicted octanol–water partition coefficient (Wildman–Crippen LogP) is 3.24. The van der Waals surface area contributed by atoms with Crippen molar-refractivity contribution in [3.63, 3.8) is 0 Å². The first kappa shape index (κ1) is 14.1. The van der Waals surface area contributed by atoms with Crippen LogP contribution in [0, 0.1) is 11.6 Å². The van der Waals surface area contributed by atoms with Crippen molar-refractivity contribution in [1.29, 1.82) is 0 Å². The Labute approximate surface area is 125 Å². The van der Waals surface area contributed by atoms with Crippen LogP contribution in [-0.4, -0.2) is 9.78 Å². The summed E-state index contributed by atoms with van der Waals surface area (Å²) in [6.07, 6.45) is 0. The molecule has 1 aromatic heterocycles. The van der Waals surface area contributed by atoms with Crippen LogP contribution < -0.4 is 5.56 Å². The molecule has 0 aliphatic heterocycles. The highest BCUT2D eigenvalue weighted by Gasteiger charge is 2.08. The molecule has 2 aromatic carbocycles. The molecule has 0 N–H and O–H groups in total. The van der Waals surface area contributed by atoms with Gasteiger partial charge in [-0.1, -0.05) is 24.3 Å². The van der Waals surface area contributed by atoms with Crippen molar-refractivity contribution in [2.75, 3.05) is 0 Å². The van der Waals surface area contributed by atoms with Gasteiger partial charge in [-0.15, -0.1) is 0 Å². The number of rotatable bonds is 3. The standard InChI is InChI=1S/C17H12F2N2O/c18-13-7-5-12(6-8-13)11-21-17(22)10-9-16(20-21)14-3-1-2-4-15(14)19/h1-10H,11H2. The molecule has 0 fully saturated rings. The van der Waals surface area contributed by atoms with Crippen molar-refractivity contribution in [3.05, 3.63) is 88.2 Å². The molecule has 3 nitrogen and oxygen atoms in total. The third kappa shape index (κ3) is 2.93. The van der Waals surface area contributed by atoms with E-state index in [4.69, 9.17) is 0 Å². The van der Waals surface area contributed by atoms with Crippen molar-refractivity contribution in [1.82, 2.24) is 9.78 Å². The van der Waals surface area contributed by atoms with E-state index in [1.54, 1.807) is 30.3 Å². The van der Waals surface area contributed by atoms with Crippen LogP contribution in [0.4, 0.5) is 8.78 Å². The second-order valence-electron chi connectivity index (χ2n) is 4.82. The molecule has 0 saturated heterocycles.